The topological polar surface area (TPSA) is 51.5 Å². The van der Waals surface area contributed by atoms with Crippen molar-refractivity contribution in [2.24, 2.45) is 5.92 Å². The second kappa shape index (κ2) is 7.34. The quantitative estimate of drug-likeness (QED) is 0.812. The van der Waals surface area contributed by atoms with Gasteiger partial charge in [0, 0.05) is 36.7 Å². The van der Waals surface area contributed by atoms with Crippen LogP contribution in [-0.2, 0) is 9.53 Å². The molecule has 0 radical (unpaired) electrons. The summed E-state index contributed by atoms with van der Waals surface area (Å²) in [5, 5.41) is 0. The van der Waals surface area contributed by atoms with E-state index in [1.165, 1.54) is 0 Å². The van der Waals surface area contributed by atoms with Crippen molar-refractivity contribution in [2.75, 3.05) is 19.7 Å². The maximum atomic E-state index is 12.6. The summed E-state index contributed by atoms with van der Waals surface area (Å²) in [5.74, 6) is -0.192. The van der Waals surface area contributed by atoms with E-state index in [1.54, 1.807) is 0 Å². The first-order valence-corrected chi connectivity index (χ1v) is 8.38. The van der Waals surface area contributed by atoms with Crippen LogP contribution in [-0.4, -0.2) is 41.0 Å². The number of piperidine rings is 1. The smallest absolute Gasteiger partial charge is 0.309 e. The third-order valence-electron chi connectivity index (χ3n) is 4.42. The Labute approximate surface area is 141 Å². The SMILES string of the molecule is CCOC(=O)C1CCN(C(=O)c2ccc(-n3cccc3)cc2)CC1. The van der Waals surface area contributed by atoms with Crippen LogP contribution in [0.25, 0.3) is 5.69 Å². The third-order valence-corrected chi connectivity index (χ3v) is 4.42. The lowest BCUT2D eigenvalue weighted by Crippen LogP contribution is -2.40. The lowest BCUT2D eigenvalue weighted by atomic mass is 9.96. The Morgan fingerprint density at radius 2 is 1.71 bits per heavy atom. The fraction of sp³-hybridized carbons (Fsp3) is 0.368. The molecule has 0 aliphatic carbocycles. The number of amides is 1. The Morgan fingerprint density at radius 1 is 1.08 bits per heavy atom. The molecule has 126 valence electrons. The fourth-order valence-corrected chi connectivity index (χ4v) is 3.04. The van der Waals surface area contributed by atoms with E-state index in [-0.39, 0.29) is 17.8 Å². The van der Waals surface area contributed by atoms with Gasteiger partial charge >= 0.3 is 5.97 Å². The Balaban J connectivity index is 1.60. The molecule has 24 heavy (non-hydrogen) atoms. The predicted molar refractivity (Wildman–Crippen MR) is 91.0 cm³/mol. The van der Waals surface area contributed by atoms with Gasteiger partial charge in [0.25, 0.3) is 5.91 Å². The van der Waals surface area contributed by atoms with Gasteiger partial charge in [-0.05, 0) is 56.2 Å². The molecule has 0 saturated carbocycles. The molecule has 1 saturated heterocycles. The van der Waals surface area contributed by atoms with Crippen molar-refractivity contribution in [3.63, 3.8) is 0 Å². The lowest BCUT2D eigenvalue weighted by molar-refractivity contribution is -0.149. The van der Waals surface area contributed by atoms with E-state index in [1.807, 2.05) is 65.2 Å². The van der Waals surface area contributed by atoms with Gasteiger partial charge in [-0.15, -0.1) is 0 Å². The van der Waals surface area contributed by atoms with Gasteiger partial charge in [-0.2, -0.15) is 0 Å². The minimum atomic E-state index is -0.138. The van der Waals surface area contributed by atoms with Crippen molar-refractivity contribution in [1.29, 1.82) is 0 Å². The van der Waals surface area contributed by atoms with Gasteiger partial charge in [-0.25, -0.2) is 0 Å². The average molecular weight is 326 g/mol. The van der Waals surface area contributed by atoms with Gasteiger partial charge in [-0.3, -0.25) is 9.59 Å². The molecule has 2 heterocycles. The van der Waals surface area contributed by atoms with Gasteiger partial charge in [-0.1, -0.05) is 0 Å². The van der Waals surface area contributed by atoms with E-state index in [2.05, 4.69) is 0 Å². The molecule has 0 bridgehead atoms. The fourth-order valence-electron chi connectivity index (χ4n) is 3.04. The van der Waals surface area contributed by atoms with Crippen molar-refractivity contribution in [3.8, 4) is 5.69 Å². The first-order chi connectivity index (χ1) is 11.7. The normalized spacial score (nSPS) is 15.3. The number of nitrogens with zero attached hydrogens (tertiary/aromatic N) is 2. The highest BCUT2D eigenvalue weighted by Gasteiger charge is 2.28. The highest BCUT2D eigenvalue weighted by Crippen LogP contribution is 2.21. The van der Waals surface area contributed by atoms with Crippen LogP contribution in [0.4, 0.5) is 0 Å². The highest BCUT2D eigenvalue weighted by atomic mass is 16.5. The van der Waals surface area contributed by atoms with E-state index in [0.29, 0.717) is 38.1 Å². The minimum absolute atomic E-state index is 0.0244. The van der Waals surface area contributed by atoms with Crippen LogP contribution >= 0.6 is 0 Å². The number of esters is 1. The molecule has 1 aromatic heterocycles. The lowest BCUT2D eigenvalue weighted by Gasteiger charge is -2.31. The monoisotopic (exact) mass is 326 g/mol. The third kappa shape index (κ3) is 3.50. The standard InChI is InChI=1S/C19H22N2O3/c1-2-24-19(23)16-9-13-21(14-10-16)18(22)15-5-7-17(8-6-15)20-11-3-4-12-20/h3-8,11-12,16H,2,9-10,13-14H2,1H3. The van der Waals surface area contributed by atoms with Crippen LogP contribution in [0.3, 0.4) is 0 Å². The van der Waals surface area contributed by atoms with E-state index in [0.717, 1.165) is 5.69 Å². The summed E-state index contributed by atoms with van der Waals surface area (Å²) in [7, 11) is 0. The van der Waals surface area contributed by atoms with Crippen molar-refractivity contribution in [3.05, 3.63) is 54.4 Å². The summed E-state index contributed by atoms with van der Waals surface area (Å²) in [6.07, 6.45) is 5.28. The average Bonchev–Trinajstić information content (AvgIpc) is 3.16. The molecule has 0 unspecified atom stereocenters. The maximum absolute atomic E-state index is 12.6. The summed E-state index contributed by atoms with van der Waals surface area (Å²) in [6, 6.07) is 11.5. The Morgan fingerprint density at radius 3 is 2.29 bits per heavy atom. The number of aromatic nitrogens is 1. The summed E-state index contributed by atoms with van der Waals surface area (Å²) >= 11 is 0. The number of carbonyl (C=O) groups excluding carboxylic acids is 2. The molecule has 5 heteroatoms. The molecule has 3 rings (SSSR count). The van der Waals surface area contributed by atoms with E-state index >= 15 is 0 Å². The summed E-state index contributed by atoms with van der Waals surface area (Å²) < 4.78 is 7.06. The maximum Gasteiger partial charge on any atom is 0.309 e. The zero-order valence-electron chi connectivity index (χ0n) is 13.9. The highest BCUT2D eigenvalue weighted by molar-refractivity contribution is 5.94. The predicted octanol–water partition coefficient (Wildman–Crippen LogP) is 2.89. The van der Waals surface area contributed by atoms with Crippen LogP contribution in [0.1, 0.15) is 30.1 Å². The molecule has 0 spiro atoms. The molecule has 1 aliphatic rings. The van der Waals surface area contributed by atoms with Crippen LogP contribution in [0.15, 0.2) is 48.8 Å². The first kappa shape index (κ1) is 16.3. The van der Waals surface area contributed by atoms with Crippen molar-refractivity contribution in [1.82, 2.24) is 9.47 Å². The number of ether oxygens (including phenoxy) is 1. The van der Waals surface area contributed by atoms with Crippen LogP contribution in [0, 0.1) is 5.92 Å². The van der Waals surface area contributed by atoms with Crippen molar-refractivity contribution < 1.29 is 14.3 Å². The van der Waals surface area contributed by atoms with Crippen LogP contribution in [0.2, 0.25) is 0 Å². The molecule has 0 N–H and O–H groups in total. The summed E-state index contributed by atoms with van der Waals surface area (Å²) in [6.45, 7) is 3.42. The molecule has 1 aliphatic heterocycles. The van der Waals surface area contributed by atoms with Crippen molar-refractivity contribution in [2.45, 2.75) is 19.8 Å². The number of benzene rings is 1. The zero-order valence-corrected chi connectivity index (χ0v) is 13.9. The summed E-state index contributed by atoms with van der Waals surface area (Å²) in [5.41, 5.74) is 1.71. The van der Waals surface area contributed by atoms with Gasteiger partial charge in [0.2, 0.25) is 0 Å². The van der Waals surface area contributed by atoms with E-state index < -0.39 is 0 Å². The zero-order chi connectivity index (χ0) is 16.9. The summed E-state index contributed by atoms with van der Waals surface area (Å²) in [4.78, 5) is 26.2. The largest absolute Gasteiger partial charge is 0.466 e. The van der Waals surface area contributed by atoms with Crippen LogP contribution < -0.4 is 0 Å². The Hall–Kier alpha value is -2.56. The molecule has 5 nitrogen and oxygen atoms in total. The van der Waals surface area contributed by atoms with E-state index in [4.69, 9.17) is 4.74 Å². The van der Waals surface area contributed by atoms with E-state index in [9.17, 15) is 9.59 Å². The number of hydrogen-bond donors (Lipinski definition) is 0. The first-order valence-electron chi connectivity index (χ1n) is 8.38. The number of likely N-dealkylation sites (tertiary alicyclic amines) is 1. The molecule has 1 amide bonds. The number of carbonyl (C=O) groups is 2. The van der Waals surface area contributed by atoms with Gasteiger partial charge in [0.05, 0.1) is 12.5 Å². The Bertz CT molecular complexity index is 684. The second-order valence-electron chi connectivity index (χ2n) is 5.96. The molecule has 1 aromatic carbocycles. The Kier molecular flexibility index (Phi) is 4.99. The molecule has 1 fully saturated rings. The van der Waals surface area contributed by atoms with Gasteiger partial charge in [0.1, 0.15) is 0 Å². The van der Waals surface area contributed by atoms with Gasteiger partial charge in [0.15, 0.2) is 0 Å². The minimum Gasteiger partial charge on any atom is -0.466 e. The molecule has 0 atom stereocenters. The molecular formula is C19H22N2O3. The second-order valence-corrected chi connectivity index (χ2v) is 5.96. The van der Waals surface area contributed by atoms with Crippen LogP contribution in [0.5, 0.6) is 0 Å². The molecule has 2 aromatic rings. The molecular weight excluding hydrogens is 304 g/mol. The van der Waals surface area contributed by atoms with Gasteiger partial charge < -0.3 is 14.2 Å². The van der Waals surface area contributed by atoms with Crippen molar-refractivity contribution >= 4 is 11.9 Å². The number of hydrogen-bond acceptors (Lipinski definition) is 3. The number of rotatable bonds is 4.